The summed E-state index contributed by atoms with van der Waals surface area (Å²) in [4.78, 5) is 30.7. The van der Waals surface area contributed by atoms with Gasteiger partial charge in [0.15, 0.2) is 0 Å². The van der Waals surface area contributed by atoms with Gasteiger partial charge in [0.2, 0.25) is 0 Å². The Morgan fingerprint density at radius 2 is 2.12 bits per heavy atom. The zero-order valence-electron chi connectivity index (χ0n) is 14.8. The third-order valence-electron chi connectivity index (χ3n) is 4.82. The minimum Gasteiger partial charge on any atom is -0.377 e. The zero-order chi connectivity index (χ0) is 18.6. The van der Waals surface area contributed by atoms with Crippen molar-refractivity contribution in [2.45, 2.75) is 24.8 Å². The molecule has 0 unspecified atom stereocenters. The third-order valence-corrected chi connectivity index (χ3v) is 4.82. The van der Waals surface area contributed by atoms with E-state index in [-0.39, 0.29) is 24.4 Å². The van der Waals surface area contributed by atoms with Crippen LogP contribution in [0.1, 0.15) is 18.4 Å². The number of benzene rings is 1. The van der Waals surface area contributed by atoms with Gasteiger partial charge in [0.1, 0.15) is 23.8 Å². The molecule has 2 heterocycles. The number of carbonyl (C=O) groups is 2. The molecule has 1 spiro atoms. The van der Waals surface area contributed by atoms with Gasteiger partial charge in [-0.25, -0.2) is 9.18 Å². The number of amides is 3. The Labute approximate surface area is 151 Å². The Morgan fingerprint density at radius 3 is 2.81 bits per heavy atom. The lowest BCUT2D eigenvalue weighted by Gasteiger charge is -2.35. The number of aliphatic imine (C=N–C) groups is 1. The number of amidine groups is 1. The number of nitrogens with zero attached hydrogens (tertiary/aromatic N) is 2. The fourth-order valence-electron chi connectivity index (χ4n) is 3.33. The molecule has 8 heteroatoms. The molecule has 0 aromatic heterocycles. The van der Waals surface area contributed by atoms with Crippen molar-refractivity contribution in [2.24, 2.45) is 4.99 Å². The first-order valence-electron chi connectivity index (χ1n) is 8.69. The van der Waals surface area contributed by atoms with Crippen LogP contribution in [0.2, 0.25) is 0 Å². The second-order valence-electron chi connectivity index (χ2n) is 6.54. The van der Waals surface area contributed by atoms with Gasteiger partial charge in [-0.3, -0.25) is 9.79 Å². The van der Waals surface area contributed by atoms with E-state index in [0.29, 0.717) is 50.3 Å². The Balaban J connectivity index is 1.48. The summed E-state index contributed by atoms with van der Waals surface area (Å²) in [5.74, 6) is 0.156. The molecule has 1 aromatic rings. The highest BCUT2D eigenvalue weighted by Crippen LogP contribution is 2.30. The van der Waals surface area contributed by atoms with Crippen molar-refractivity contribution in [3.05, 3.63) is 35.6 Å². The van der Waals surface area contributed by atoms with Crippen LogP contribution >= 0.6 is 0 Å². The molecule has 3 rings (SSSR count). The number of ether oxygens (including phenoxy) is 1. The SMILES string of the molecule is COCC1=NC2(CCN(C(=O)NCCc3ccccc3F)CC2)C(=O)N1. The first-order chi connectivity index (χ1) is 12.5. The molecule has 1 aromatic carbocycles. The number of halogens is 1. The van der Waals surface area contributed by atoms with Crippen LogP contribution in [0.15, 0.2) is 29.3 Å². The van der Waals surface area contributed by atoms with Gasteiger partial charge in [0.05, 0.1) is 0 Å². The summed E-state index contributed by atoms with van der Waals surface area (Å²) >= 11 is 0. The highest BCUT2D eigenvalue weighted by Gasteiger charge is 2.46. The van der Waals surface area contributed by atoms with Crippen LogP contribution in [-0.4, -0.2) is 61.6 Å². The van der Waals surface area contributed by atoms with E-state index in [4.69, 9.17) is 4.74 Å². The van der Waals surface area contributed by atoms with Crippen LogP contribution in [-0.2, 0) is 16.0 Å². The quantitative estimate of drug-likeness (QED) is 0.822. The number of methoxy groups -OCH3 is 1. The number of nitrogens with one attached hydrogen (secondary N) is 2. The van der Waals surface area contributed by atoms with Gasteiger partial charge in [-0.1, -0.05) is 18.2 Å². The van der Waals surface area contributed by atoms with Gasteiger partial charge in [-0.15, -0.1) is 0 Å². The topological polar surface area (TPSA) is 83.0 Å². The maximum Gasteiger partial charge on any atom is 0.317 e. The van der Waals surface area contributed by atoms with Gasteiger partial charge < -0.3 is 20.3 Å². The highest BCUT2D eigenvalue weighted by molar-refractivity contribution is 6.08. The molecule has 0 atom stereocenters. The molecule has 7 nitrogen and oxygen atoms in total. The van der Waals surface area contributed by atoms with Crippen LogP contribution in [0.5, 0.6) is 0 Å². The van der Waals surface area contributed by atoms with Crippen molar-refractivity contribution in [3.63, 3.8) is 0 Å². The Morgan fingerprint density at radius 1 is 1.38 bits per heavy atom. The molecule has 0 saturated carbocycles. The van der Waals surface area contributed by atoms with Gasteiger partial charge in [0.25, 0.3) is 5.91 Å². The third kappa shape index (κ3) is 3.85. The maximum atomic E-state index is 13.6. The molecular weight excluding hydrogens is 339 g/mol. The number of piperidine rings is 1. The molecule has 2 N–H and O–H groups in total. The molecule has 0 aliphatic carbocycles. The molecule has 0 bridgehead atoms. The number of rotatable bonds is 5. The van der Waals surface area contributed by atoms with E-state index in [1.807, 2.05) is 0 Å². The van der Waals surface area contributed by atoms with Gasteiger partial charge >= 0.3 is 6.03 Å². The Bertz CT molecular complexity index is 714. The lowest BCUT2D eigenvalue weighted by molar-refractivity contribution is -0.125. The van der Waals surface area contributed by atoms with Gasteiger partial charge in [-0.05, 0) is 30.9 Å². The van der Waals surface area contributed by atoms with E-state index in [1.165, 1.54) is 6.07 Å². The van der Waals surface area contributed by atoms with Gasteiger partial charge in [-0.2, -0.15) is 0 Å². The fraction of sp³-hybridized carbons (Fsp3) is 0.500. The summed E-state index contributed by atoms with van der Waals surface area (Å²) in [6.07, 6.45) is 1.39. The number of urea groups is 1. The second kappa shape index (κ2) is 7.82. The lowest BCUT2D eigenvalue weighted by Crippen LogP contribution is -2.52. The van der Waals surface area contributed by atoms with E-state index >= 15 is 0 Å². The average Bonchev–Trinajstić information content (AvgIpc) is 2.92. The van der Waals surface area contributed by atoms with Crippen LogP contribution in [0, 0.1) is 5.82 Å². The molecule has 2 aliphatic heterocycles. The monoisotopic (exact) mass is 362 g/mol. The Kier molecular flexibility index (Phi) is 5.51. The zero-order valence-corrected chi connectivity index (χ0v) is 14.8. The summed E-state index contributed by atoms with van der Waals surface area (Å²) < 4.78 is 18.6. The van der Waals surface area contributed by atoms with E-state index in [2.05, 4.69) is 15.6 Å². The fourth-order valence-corrected chi connectivity index (χ4v) is 3.33. The largest absolute Gasteiger partial charge is 0.377 e. The highest BCUT2D eigenvalue weighted by atomic mass is 19.1. The minimum absolute atomic E-state index is 0.121. The summed E-state index contributed by atoms with van der Waals surface area (Å²) in [6.45, 7) is 1.52. The van der Waals surface area contributed by atoms with Crippen LogP contribution in [0.3, 0.4) is 0 Å². The molecule has 140 valence electrons. The van der Waals surface area contributed by atoms with Crippen molar-refractivity contribution in [2.75, 3.05) is 33.4 Å². The number of hydrogen-bond donors (Lipinski definition) is 2. The molecule has 26 heavy (non-hydrogen) atoms. The summed E-state index contributed by atoms with van der Waals surface area (Å²) in [5.41, 5.74) is -0.203. The first kappa shape index (κ1) is 18.3. The van der Waals surface area contributed by atoms with E-state index < -0.39 is 5.54 Å². The molecule has 1 saturated heterocycles. The van der Waals surface area contributed by atoms with Crippen LogP contribution < -0.4 is 10.6 Å². The van der Waals surface area contributed by atoms with E-state index in [0.717, 1.165) is 0 Å². The van der Waals surface area contributed by atoms with Crippen molar-refractivity contribution >= 4 is 17.8 Å². The normalized spacial score (nSPS) is 18.6. The summed E-state index contributed by atoms with van der Waals surface area (Å²) in [5, 5.41) is 5.56. The van der Waals surface area contributed by atoms with Crippen LogP contribution in [0.4, 0.5) is 9.18 Å². The predicted octanol–water partition coefficient (Wildman–Crippen LogP) is 1.09. The average molecular weight is 362 g/mol. The molecular formula is C18H23FN4O3. The van der Waals surface area contributed by atoms with Gasteiger partial charge in [0, 0.05) is 26.7 Å². The molecule has 0 radical (unpaired) electrons. The number of hydrogen-bond acceptors (Lipinski definition) is 4. The molecule has 2 aliphatic rings. The summed E-state index contributed by atoms with van der Waals surface area (Å²) in [7, 11) is 1.55. The predicted molar refractivity (Wildman–Crippen MR) is 94.5 cm³/mol. The maximum absolute atomic E-state index is 13.6. The smallest absolute Gasteiger partial charge is 0.317 e. The standard InChI is InChI=1S/C18H23FN4O3/c1-26-12-15-21-16(24)18(22-15)7-10-23(11-8-18)17(25)20-9-6-13-4-2-3-5-14(13)19/h2-5H,6-12H2,1H3,(H,20,25)(H,21,22,24). The number of likely N-dealkylation sites (tertiary alicyclic amines) is 1. The summed E-state index contributed by atoms with van der Waals surface area (Å²) in [6, 6.07) is 6.33. The van der Waals surface area contributed by atoms with Crippen LogP contribution in [0.25, 0.3) is 0 Å². The molecule has 1 fully saturated rings. The first-order valence-corrected chi connectivity index (χ1v) is 8.69. The Hall–Kier alpha value is -2.48. The molecule has 3 amide bonds. The van der Waals surface area contributed by atoms with Crippen molar-refractivity contribution < 1.29 is 18.7 Å². The minimum atomic E-state index is -0.780. The van der Waals surface area contributed by atoms with E-state index in [9.17, 15) is 14.0 Å². The van der Waals surface area contributed by atoms with Crippen molar-refractivity contribution in [1.29, 1.82) is 0 Å². The lowest BCUT2D eigenvalue weighted by atomic mass is 9.88. The van der Waals surface area contributed by atoms with Crippen molar-refractivity contribution in [1.82, 2.24) is 15.5 Å². The number of carbonyl (C=O) groups excluding carboxylic acids is 2. The second-order valence-corrected chi connectivity index (χ2v) is 6.54. The van der Waals surface area contributed by atoms with Crippen molar-refractivity contribution in [3.8, 4) is 0 Å². The van der Waals surface area contributed by atoms with E-state index in [1.54, 1.807) is 30.2 Å².